The zero-order chi connectivity index (χ0) is 67.5. The summed E-state index contributed by atoms with van der Waals surface area (Å²) in [6.07, 6.45) is 56.6. The van der Waals surface area contributed by atoms with Gasteiger partial charge in [-0.3, -0.25) is 37.3 Å². The van der Waals surface area contributed by atoms with Crippen LogP contribution in [0.4, 0.5) is 0 Å². The van der Waals surface area contributed by atoms with Crippen molar-refractivity contribution in [3.8, 4) is 0 Å². The van der Waals surface area contributed by atoms with Crippen LogP contribution in [0.5, 0.6) is 0 Å². The molecule has 17 nitrogen and oxygen atoms in total. The van der Waals surface area contributed by atoms with E-state index in [4.69, 9.17) is 37.0 Å². The molecule has 2 unspecified atom stereocenters. The third kappa shape index (κ3) is 66.7. The Kier molecular flexibility index (Phi) is 66.2. The SMILES string of the molecule is CCCCCCCCCCCCCCCCCCC(=O)O[C@H](COC(=O)CCCCCCCCCCCCCCC)COP(=O)(O)OC[C@@H](O)COP(=O)(O)OC[C@@H](COC(=O)CCCCCCCCCCCCC)OC(=O)CCCCCCCCCCCCCC. The first-order valence-corrected chi connectivity index (χ1v) is 41.3. The first-order valence-electron chi connectivity index (χ1n) is 38.3. The second-order valence-electron chi connectivity index (χ2n) is 26.3. The summed E-state index contributed by atoms with van der Waals surface area (Å²) in [6.45, 7) is 4.97. The van der Waals surface area contributed by atoms with Gasteiger partial charge in [0.15, 0.2) is 12.2 Å². The van der Waals surface area contributed by atoms with Gasteiger partial charge in [0, 0.05) is 25.7 Å². The Labute approximate surface area is 562 Å². The van der Waals surface area contributed by atoms with Gasteiger partial charge in [-0.2, -0.15) is 0 Å². The summed E-state index contributed by atoms with van der Waals surface area (Å²) in [5.74, 6) is -2.11. The average molecular weight is 1350 g/mol. The topological polar surface area (TPSA) is 237 Å². The van der Waals surface area contributed by atoms with Crippen molar-refractivity contribution in [3.63, 3.8) is 0 Å². The van der Waals surface area contributed by atoms with Crippen molar-refractivity contribution >= 4 is 39.5 Å². The number of ether oxygens (including phenoxy) is 4. The Hall–Kier alpha value is -1.94. The zero-order valence-corrected chi connectivity index (χ0v) is 61.3. The minimum Gasteiger partial charge on any atom is -0.462 e. The molecule has 0 aromatic rings. The molecule has 0 aliphatic carbocycles. The summed E-state index contributed by atoms with van der Waals surface area (Å²) < 4.78 is 68.4. The molecule has 5 atom stereocenters. The highest BCUT2D eigenvalue weighted by Crippen LogP contribution is 2.45. The molecular formula is C73H142O17P2. The molecule has 0 aliphatic heterocycles. The molecule has 3 N–H and O–H groups in total. The maximum absolute atomic E-state index is 13.1. The van der Waals surface area contributed by atoms with Gasteiger partial charge < -0.3 is 33.8 Å². The standard InChI is InChI=1S/C73H142O17P2/c1-5-9-13-17-21-25-29-32-33-34-36-40-44-48-52-56-60-73(78)90-69(64-84-71(76)58-54-50-46-42-39-35-30-26-22-18-14-10-6-2)66-88-92(81,82)86-62-67(74)61-85-91(79,80)87-65-68(63-83-70(75)57-53-49-45-41-37-28-24-20-16-12-8-4)89-72(77)59-55-51-47-43-38-31-27-23-19-15-11-7-3/h67-69,74H,5-66H2,1-4H3,(H,79,80)(H,81,82)/t67-,68+,69+/m0/s1. The van der Waals surface area contributed by atoms with Crippen molar-refractivity contribution in [2.75, 3.05) is 39.6 Å². The predicted octanol–water partition coefficient (Wildman–Crippen LogP) is 21.4. The fourth-order valence-corrected chi connectivity index (χ4v) is 12.8. The second kappa shape index (κ2) is 67.6. The van der Waals surface area contributed by atoms with Crippen LogP contribution >= 0.6 is 15.6 Å². The molecule has 0 bridgehead atoms. The van der Waals surface area contributed by atoms with E-state index in [0.29, 0.717) is 25.7 Å². The number of carbonyl (C=O) groups excluding carboxylic acids is 4. The number of esters is 4. The van der Waals surface area contributed by atoms with Gasteiger partial charge in [-0.25, -0.2) is 9.13 Å². The van der Waals surface area contributed by atoms with E-state index >= 15 is 0 Å². The van der Waals surface area contributed by atoms with E-state index in [1.165, 1.54) is 218 Å². The fraction of sp³-hybridized carbons (Fsp3) is 0.945. The van der Waals surface area contributed by atoms with Crippen LogP contribution in [0.15, 0.2) is 0 Å². The van der Waals surface area contributed by atoms with Crippen LogP contribution in [0, 0.1) is 0 Å². The van der Waals surface area contributed by atoms with Gasteiger partial charge >= 0.3 is 39.5 Å². The Bertz CT molecular complexity index is 1760. The predicted molar refractivity (Wildman–Crippen MR) is 372 cm³/mol. The molecule has 0 heterocycles. The lowest BCUT2D eigenvalue weighted by Crippen LogP contribution is -2.30. The number of aliphatic hydroxyl groups is 1. The number of unbranched alkanes of at least 4 members (excludes halogenated alkanes) is 48. The molecule has 0 aliphatic rings. The van der Waals surface area contributed by atoms with Crippen LogP contribution in [0.1, 0.15) is 387 Å². The average Bonchev–Trinajstić information content (AvgIpc) is 2.20. The van der Waals surface area contributed by atoms with E-state index in [9.17, 15) is 43.2 Å². The summed E-state index contributed by atoms with van der Waals surface area (Å²) in [5, 5.41) is 10.6. The minimum atomic E-state index is -4.95. The quantitative estimate of drug-likeness (QED) is 0.0222. The van der Waals surface area contributed by atoms with Crippen LogP contribution in [0.25, 0.3) is 0 Å². The van der Waals surface area contributed by atoms with Crippen molar-refractivity contribution in [2.24, 2.45) is 0 Å². The molecule has 0 spiro atoms. The van der Waals surface area contributed by atoms with Gasteiger partial charge in [0.05, 0.1) is 26.4 Å². The number of hydrogen-bond donors (Lipinski definition) is 3. The van der Waals surface area contributed by atoms with E-state index in [1.54, 1.807) is 0 Å². The number of carbonyl (C=O) groups is 4. The normalized spacial score (nSPS) is 13.9. The zero-order valence-electron chi connectivity index (χ0n) is 59.5. The van der Waals surface area contributed by atoms with Gasteiger partial charge in [-0.05, 0) is 25.7 Å². The summed E-state index contributed by atoms with van der Waals surface area (Å²) in [6, 6.07) is 0. The smallest absolute Gasteiger partial charge is 0.462 e. The van der Waals surface area contributed by atoms with Crippen molar-refractivity contribution in [2.45, 2.75) is 406 Å². The van der Waals surface area contributed by atoms with Crippen molar-refractivity contribution in [1.82, 2.24) is 0 Å². The largest absolute Gasteiger partial charge is 0.472 e. The first-order chi connectivity index (χ1) is 44.7. The van der Waals surface area contributed by atoms with E-state index < -0.39 is 97.5 Å². The molecule has 19 heteroatoms. The number of rotatable bonds is 74. The van der Waals surface area contributed by atoms with Crippen molar-refractivity contribution in [1.29, 1.82) is 0 Å². The second-order valence-corrected chi connectivity index (χ2v) is 29.2. The first kappa shape index (κ1) is 90.1. The Morgan fingerprint density at radius 2 is 0.435 bits per heavy atom. The Morgan fingerprint density at radius 1 is 0.261 bits per heavy atom. The van der Waals surface area contributed by atoms with Crippen LogP contribution in [0.2, 0.25) is 0 Å². The molecule has 0 saturated heterocycles. The monoisotopic (exact) mass is 1350 g/mol. The Balaban J connectivity index is 5.24. The molecule has 92 heavy (non-hydrogen) atoms. The molecule has 0 saturated carbocycles. The van der Waals surface area contributed by atoms with Gasteiger partial charge in [0.25, 0.3) is 0 Å². The molecule has 0 amide bonds. The van der Waals surface area contributed by atoms with Gasteiger partial charge in [-0.1, -0.05) is 336 Å². The maximum Gasteiger partial charge on any atom is 0.472 e. The van der Waals surface area contributed by atoms with Crippen LogP contribution < -0.4 is 0 Å². The maximum atomic E-state index is 13.1. The summed E-state index contributed by atoms with van der Waals surface area (Å²) in [7, 11) is -9.90. The van der Waals surface area contributed by atoms with Gasteiger partial charge in [0.1, 0.15) is 19.3 Å². The lowest BCUT2D eigenvalue weighted by Gasteiger charge is -2.21. The molecular weight excluding hydrogens is 1210 g/mol. The molecule has 0 rings (SSSR count). The number of hydrogen-bond acceptors (Lipinski definition) is 15. The van der Waals surface area contributed by atoms with Crippen LogP contribution in [0.3, 0.4) is 0 Å². The Morgan fingerprint density at radius 3 is 0.641 bits per heavy atom. The summed E-state index contributed by atoms with van der Waals surface area (Å²) in [4.78, 5) is 72.7. The third-order valence-corrected chi connectivity index (χ3v) is 19.0. The van der Waals surface area contributed by atoms with Gasteiger partial charge in [0.2, 0.25) is 0 Å². The van der Waals surface area contributed by atoms with Crippen molar-refractivity contribution < 1.29 is 80.2 Å². The van der Waals surface area contributed by atoms with Crippen LogP contribution in [-0.4, -0.2) is 96.7 Å². The molecule has 0 aromatic carbocycles. The highest BCUT2D eigenvalue weighted by molar-refractivity contribution is 7.47. The summed E-state index contributed by atoms with van der Waals surface area (Å²) >= 11 is 0. The molecule has 0 radical (unpaired) electrons. The highest BCUT2D eigenvalue weighted by Gasteiger charge is 2.30. The summed E-state index contributed by atoms with van der Waals surface area (Å²) in [5.41, 5.74) is 0. The lowest BCUT2D eigenvalue weighted by atomic mass is 10.0. The van der Waals surface area contributed by atoms with E-state index in [-0.39, 0.29) is 25.7 Å². The van der Waals surface area contributed by atoms with Gasteiger partial charge in [-0.15, -0.1) is 0 Å². The number of phosphoric acid groups is 2. The van der Waals surface area contributed by atoms with E-state index in [2.05, 4.69) is 27.7 Å². The molecule has 0 fully saturated rings. The fourth-order valence-electron chi connectivity index (χ4n) is 11.2. The lowest BCUT2D eigenvalue weighted by molar-refractivity contribution is -0.161. The third-order valence-electron chi connectivity index (χ3n) is 17.1. The highest BCUT2D eigenvalue weighted by atomic mass is 31.2. The number of aliphatic hydroxyl groups excluding tert-OH is 1. The van der Waals surface area contributed by atoms with E-state index in [1.807, 2.05) is 0 Å². The molecule has 546 valence electrons. The van der Waals surface area contributed by atoms with Crippen molar-refractivity contribution in [3.05, 3.63) is 0 Å². The van der Waals surface area contributed by atoms with Crippen LogP contribution in [-0.2, 0) is 65.4 Å². The minimum absolute atomic E-state index is 0.108. The molecule has 0 aromatic heterocycles. The number of phosphoric ester groups is 2. The van der Waals surface area contributed by atoms with E-state index in [0.717, 1.165) is 89.9 Å².